The van der Waals surface area contributed by atoms with Gasteiger partial charge >= 0.3 is 0 Å². The molecule has 3 rings (SSSR count). The highest BCUT2D eigenvalue weighted by molar-refractivity contribution is 5.97. The Morgan fingerprint density at radius 2 is 1.94 bits per heavy atom. The van der Waals surface area contributed by atoms with E-state index in [1.165, 1.54) is 29.5 Å². The van der Waals surface area contributed by atoms with Crippen molar-refractivity contribution in [1.29, 1.82) is 0 Å². The normalized spacial score (nSPS) is 11.9. The lowest BCUT2D eigenvalue weighted by Gasteiger charge is -2.20. The molecule has 1 aromatic heterocycles. The van der Waals surface area contributed by atoms with Crippen LogP contribution in [0.15, 0.2) is 61.2 Å². The Morgan fingerprint density at radius 3 is 2.58 bits per heavy atom. The van der Waals surface area contributed by atoms with Gasteiger partial charge in [0.1, 0.15) is 30.2 Å². The smallest absolute Gasteiger partial charge is 0.252 e. The largest absolute Gasteiger partial charge is 0.353 e. The molecule has 2 amide bonds. The number of carbonyl (C=O) groups excluding carboxylic acids is 2. The second kappa shape index (κ2) is 10.4. The number of rotatable bonds is 9. The number of amides is 2. The van der Waals surface area contributed by atoms with Gasteiger partial charge in [0.2, 0.25) is 5.91 Å². The lowest BCUT2D eigenvalue weighted by molar-refractivity contribution is -0.123. The standard InChI is InChI=1S/C22H25FN6O2/c1-28(2)11-10-25-22(31)19(12-16-6-4-3-5-7-16)27-21(30)17-8-9-20(18(23)13-17)29-15-24-14-26-29/h3-9,13-15,19H,10-12H2,1-2H3,(H,25,31)(H,27,30)/t19-/m0/s1. The summed E-state index contributed by atoms with van der Waals surface area (Å²) in [6.07, 6.45) is 2.98. The molecule has 0 saturated carbocycles. The third-order valence-corrected chi connectivity index (χ3v) is 4.64. The number of likely N-dealkylation sites (N-methyl/N-ethyl adjacent to an activating group) is 1. The fraction of sp³-hybridized carbons (Fsp3) is 0.273. The van der Waals surface area contributed by atoms with Gasteiger partial charge in [-0.1, -0.05) is 30.3 Å². The van der Waals surface area contributed by atoms with Gasteiger partial charge in [-0.3, -0.25) is 9.59 Å². The van der Waals surface area contributed by atoms with Crippen molar-refractivity contribution < 1.29 is 14.0 Å². The summed E-state index contributed by atoms with van der Waals surface area (Å²) in [6.45, 7) is 1.13. The molecule has 0 fully saturated rings. The molecule has 3 aromatic rings. The van der Waals surface area contributed by atoms with Crippen molar-refractivity contribution in [2.24, 2.45) is 0 Å². The van der Waals surface area contributed by atoms with Crippen molar-refractivity contribution in [3.63, 3.8) is 0 Å². The maximum atomic E-state index is 14.5. The zero-order chi connectivity index (χ0) is 22.2. The van der Waals surface area contributed by atoms with Crippen molar-refractivity contribution in [1.82, 2.24) is 30.3 Å². The van der Waals surface area contributed by atoms with E-state index < -0.39 is 17.8 Å². The number of hydrogen-bond acceptors (Lipinski definition) is 5. The number of aromatic nitrogens is 3. The van der Waals surface area contributed by atoms with Gasteiger partial charge in [-0.2, -0.15) is 5.10 Å². The highest BCUT2D eigenvalue weighted by Crippen LogP contribution is 2.14. The third-order valence-electron chi connectivity index (χ3n) is 4.64. The van der Waals surface area contributed by atoms with E-state index in [1.807, 2.05) is 49.3 Å². The van der Waals surface area contributed by atoms with Crippen LogP contribution in [0.25, 0.3) is 5.69 Å². The van der Waals surface area contributed by atoms with Crippen LogP contribution in [-0.4, -0.2) is 64.7 Å². The van der Waals surface area contributed by atoms with E-state index >= 15 is 0 Å². The van der Waals surface area contributed by atoms with Crippen LogP contribution in [0.1, 0.15) is 15.9 Å². The molecule has 162 valence electrons. The molecule has 9 heteroatoms. The molecular weight excluding hydrogens is 399 g/mol. The topological polar surface area (TPSA) is 92.2 Å². The Balaban J connectivity index is 1.73. The van der Waals surface area contributed by atoms with Crippen LogP contribution in [0.2, 0.25) is 0 Å². The second-order valence-corrected chi connectivity index (χ2v) is 7.32. The molecule has 2 N–H and O–H groups in total. The first-order chi connectivity index (χ1) is 14.9. The van der Waals surface area contributed by atoms with Gasteiger partial charge in [0.25, 0.3) is 5.91 Å². The second-order valence-electron chi connectivity index (χ2n) is 7.32. The van der Waals surface area contributed by atoms with E-state index in [0.717, 1.165) is 11.6 Å². The van der Waals surface area contributed by atoms with Gasteiger partial charge < -0.3 is 15.5 Å². The molecule has 2 aromatic carbocycles. The van der Waals surface area contributed by atoms with Crippen LogP contribution in [0.4, 0.5) is 4.39 Å². The maximum Gasteiger partial charge on any atom is 0.252 e. The molecule has 0 saturated heterocycles. The Morgan fingerprint density at radius 1 is 1.16 bits per heavy atom. The van der Waals surface area contributed by atoms with E-state index in [1.54, 1.807) is 0 Å². The summed E-state index contributed by atoms with van der Waals surface area (Å²) in [4.78, 5) is 31.3. The van der Waals surface area contributed by atoms with Crippen molar-refractivity contribution in [3.05, 3.63) is 78.1 Å². The van der Waals surface area contributed by atoms with Crippen LogP contribution >= 0.6 is 0 Å². The van der Waals surface area contributed by atoms with E-state index in [0.29, 0.717) is 19.5 Å². The lowest BCUT2D eigenvalue weighted by Crippen LogP contribution is -2.49. The number of nitrogens with zero attached hydrogens (tertiary/aromatic N) is 4. The van der Waals surface area contributed by atoms with Crippen LogP contribution in [0.5, 0.6) is 0 Å². The molecule has 1 atom stereocenters. The van der Waals surface area contributed by atoms with Crippen molar-refractivity contribution >= 4 is 11.8 Å². The number of nitrogens with one attached hydrogen (secondary N) is 2. The number of hydrogen-bond donors (Lipinski definition) is 2. The number of carbonyl (C=O) groups is 2. The third kappa shape index (κ3) is 6.19. The SMILES string of the molecule is CN(C)CCNC(=O)[C@H](Cc1ccccc1)NC(=O)c1ccc(-n2cncn2)c(F)c1. The van der Waals surface area contributed by atoms with Crippen LogP contribution in [0.3, 0.4) is 0 Å². The fourth-order valence-corrected chi connectivity index (χ4v) is 2.99. The molecule has 1 heterocycles. The van der Waals surface area contributed by atoms with Crippen molar-refractivity contribution in [3.8, 4) is 5.69 Å². The molecule has 0 spiro atoms. The predicted octanol–water partition coefficient (Wildman–Crippen LogP) is 1.43. The van der Waals surface area contributed by atoms with Gasteiger partial charge in [-0.25, -0.2) is 14.1 Å². The van der Waals surface area contributed by atoms with E-state index in [-0.39, 0.29) is 17.2 Å². The van der Waals surface area contributed by atoms with Crippen LogP contribution in [0, 0.1) is 5.82 Å². The van der Waals surface area contributed by atoms with Crippen molar-refractivity contribution in [2.45, 2.75) is 12.5 Å². The summed E-state index contributed by atoms with van der Waals surface area (Å²) in [5, 5.41) is 9.47. The molecular formula is C22H25FN6O2. The Bertz CT molecular complexity index is 1010. The first kappa shape index (κ1) is 22.1. The summed E-state index contributed by atoms with van der Waals surface area (Å²) in [7, 11) is 3.82. The van der Waals surface area contributed by atoms with E-state index in [2.05, 4.69) is 20.7 Å². The summed E-state index contributed by atoms with van der Waals surface area (Å²) < 4.78 is 15.8. The summed E-state index contributed by atoms with van der Waals surface area (Å²) >= 11 is 0. The summed E-state index contributed by atoms with van der Waals surface area (Å²) in [6, 6.07) is 12.7. The number of benzene rings is 2. The zero-order valence-electron chi connectivity index (χ0n) is 17.5. The molecule has 0 radical (unpaired) electrons. The Hall–Kier alpha value is -3.59. The highest BCUT2D eigenvalue weighted by atomic mass is 19.1. The fourth-order valence-electron chi connectivity index (χ4n) is 2.99. The number of halogens is 1. The lowest BCUT2D eigenvalue weighted by atomic mass is 10.0. The molecule has 0 bridgehead atoms. The minimum absolute atomic E-state index is 0.112. The minimum Gasteiger partial charge on any atom is -0.353 e. The monoisotopic (exact) mass is 424 g/mol. The van der Waals surface area contributed by atoms with Gasteiger partial charge in [-0.15, -0.1) is 0 Å². The van der Waals surface area contributed by atoms with Crippen molar-refractivity contribution in [2.75, 3.05) is 27.2 Å². The molecule has 0 aliphatic rings. The van der Waals surface area contributed by atoms with E-state index in [4.69, 9.17) is 0 Å². The molecule has 0 unspecified atom stereocenters. The molecule has 8 nitrogen and oxygen atoms in total. The predicted molar refractivity (Wildman–Crippen MR) is 114 cm³/mol. The highest BCUT2D eigenvalue weighted by Gasteiger charge is 2.22. The minimum atomic E-state index is -0.796. The quantitative estimate of drug-likeness (QED) is 0.542. The Kier molecular flexibility index (Phi) is 7.45. The van der Waals surface area contributed by atoms with Crippen LogP contribution < -0.4 is 10.6 Å². The summed E-state index contributed by atoms with van der Waals surface area (Å²) in [5.41, 5.74) is 1.19. The van der Waals surface area contributed by atoms with Crippen LogP contribution in [-0.2, 0) is 11.2 Å². The first-order valence-corrected chi connectivity index (χ1v) is 9.86. The van der Waals surface area contributed by atoms with E-state index in [9.17, 15) is 14.0 Å². The van der Waals surface area contributed by atoms with Gasteiger partial charge in [0.15, 0.2) is 0 Å². The maximum absolute atomic E-state index is 14.5. The molecule has 31 heavy (non-hydrogen) atoms. The zero-order valence-corrected chi connectivity index (χ0v) is 17.5. The molecule has 0 aliphatic heterocycles. The Labute approximate surface area is 180 Å². The van der Waals surface area contributed by atoms with Gasteiger partial charge in [0, 0.05) is 25.1 Å². The van der Waals surface area contributed by atoms with Gasteiger partial charge in [0.05, 0.1) is 0 Å². The first-order valence-electron chi connectivity index (χ1n) is 9.86. The average molecular weight is 424 g/mol. The molecule has 0 aliphatic carbocycles. The van der Waals surface area contributed by atoms with Gasteiger partial charge in [-0.05, 0) is 37.9 Å². The average Bonchev–Trinajstić information content (AvgIpc) is 3.28. The summed E-state index contributed by atoms with van der Waals surface area (Å²) in [5.74, 6) is -1.44.